The van der Waals surface area contributed by atoms with Crippen LogP contribution in [0.3, 0.4) is 0 Å². The largest absolute Gasteiger partial charge is 0.350 e. The molecule has 1 unspecified atom stereocenters. The molecule has 0 radical (unpaired) electrons. The summed E-state index contributed by atoms with van der Waals surface area (Å²) in [6, 6.07) is 0. The summed E-state index contributed by atoms with van der Waals surface area (Å²) in [5.74, 6) is 0.679. The second-order valence-corrected chi connectivity index (χ2v) is 5.59. The van der Waals surface area contributed by atoms with Crippen LogP contribution in [-0.4, -0.2) is 17.4 Å². The first-order valence-corrected chi connectivity index (χ1v) is 7.41. The highest BCUT2D eigenvalue weighted by atomic mass is 32.1. The van der Waals surface area contributed by atoms with E-state index in [1.165, 1.54) is 0 Å². The second kappa shape index (κ2) is 8.21. The smallest absolute Gasteiger partial charge is 0.220 e. The predicted octanol–water partition coefficient (Wildman–Crippen LogP) is 2.22. The summed E-state index contributed by atoms with van der Waals surface area (Å²) >= 11 is 1.61. The van der Waals surface area contributed by atoms with Crippen LogP contribution in [0.5, 0.6) is 0 Å². The first kappa shape index (κ1) is 15.1. The number of carbonyl (C=O) groups excluding carboxylic acids is 1. The maximum atomic E-state index is 11.7. The third kappa shape index (κ3) is 5.60. The number of nitrogens with one attached hydrogen (secondary N) is 1. The van der Waals surface area contributed by atoms with Crippen molar-refractivity contribution >= 4 is 17.2 Å². The Bertz CT molecular complexity index is 365. The molecule has 1 rings (SSSR count). The van der Waals surface area contributed by atoms with Crippen LogP contribution in [0, 0.1) is 12.8 Å². The van der Waals surface area contributed by atoms with E-state index in [1.807, 2.05) is 12.3 Å². The fourth-order valence-electron chi connectivity index (χ4n) is 1.89. The maximum Gasteiger partial charge on any atom is 0.220 e. The van der Waals surface area contributed by atoms with Gasteiger partial charge in [-0.1, -0.05) is 13.3 Å². The summed E-state index contributed by atoms with van der Waals surface area (Å²) in [5, 5.41) is 5.93. The molecule has 1 aromatic rings. The number of hydrogen-bond acceptors (Lipinski definition) is 4. The van der Waals surface area contributed by atoms with E-state index in [0.29, 0.717) is 25.4 Å². The number of hydrogen-bond donors (Lipinski definition) is 2. The molecular weight excluding hydrogens is 246 g/mol. The first-order chi connectivity index (χ1) is 8.65. The predicted molar refractivity (Wildman–Crippen MR) is 75.4 cm³/mol. The number of nitrogens with two attached hydrogens (primary N) is 1. The van der Waals surface area contributed by atoms with Gasteiger partial charge in [-0.15, -0.1) is 11.3 Å². The molecule has 0 aromatic carbocycles. The molecule has 102 valence electrons. The zero-order valence-corrected chi connectivity index (χ0v) is 12.1. The molecule has 1 amide bonds. The van der Waals surface area contributed by atoms with Gasteiger partial charge in [0.05, 0.1) is 17.2 Å². The number of carbonyl (C=O) groups is 1. The van der Waals surface area contributed by atoms with Gasteiger partial charge in [0.2, 0.25) is 5.91 Å². The standard InChI is InChI=1S/C13H23N3OS/c1-3-11(6-7-14)4-5-13(17)15-8-12-9-18-10(2)16-12/h9,11H,3-8,14H2,1-2H3,(H,15,17). The zero-order valence-electron chi connectivity index (χ0n) is 11.2. The summed E-state index contributed by atoms with van der Waals surface area (Å²) in [7, 11) is 0. The van der Waals surface area contributed by atoms with Crippen LogP contribution in [0.4, 0.5) is 0 Å². The molecular formula is C13H23N3OS. The van der Waals surface area contributed by atoms with Crippen molar-refractivity contribution in [3.05, 3.63) is 16.1 Å². The van der Waals surface area contributed by atoms with E-state index in [0.717, 1.165) is 30.0 Å². The van der Waals surface area contributed by atoms with E-state index in [1.54, 1.807) is 11.3 Å². The van der Waals surface area contributed by atoms with Crippen LogP contribution in [-0.2, 0) is 11.3 Å². The van der Waals surface area contributed by atoms with Gasteiger partial charge in [0.15, 0.2) is 0 Å². The average Bonchev–Trinajstić information content (AvgIpc) is 2.77. The van der Waals surface area contributed by atoms with Gasteiger partial charge < -0.3 is 11.1 Å². The summed E-state index contributed by atoms with van der Waals surface area (Å²) < 4.78 is 0. The van der Waals surface area contributed by atoms with Gasteiger partial charge in [0.25, 0.3) is 0 Å². The fraction of sp³-hybridized carbons (Fsp3) is 0.692. The Morgan fingerprint density at radius 3 is 2.89 bits per heavy atom. The highest BCUT2D eigenvalue weighted by molar-refractivity contribution is 7.09. The number of thiazole rings is 1. The quantitative estimate of drug-likeness (QED) is 0.760. The van der Waals surface area contributed by atoms with Gasteiger partial charge >= 0.3 is 0 Å². The molecule has 0 spiro atoms. The molecule has 5 heteroatoms. The molecule has 1 heterocycles. The lowest BCUT2D eigenvalue weighted by atomic mass is 9.96. The van der Waals surface area contributed by atoms with Crippen molar-refractivity contribution in [2.24, 2.45) is 11.7 Å². The van der Waals surface area contributed by atoms with Crippen molar-refractivity contribution in [3.63, 3.8) is 0 Å². The van der Waals surface area contributed by atoms with E-state index in [-0.39, 0.29) is 5.91 Å². The Labute approximate surface area is 113 Å². The van der Waals surface area contributed by atoms with Crippen LogP contribution < -0.4 is 11.1 Å². The second-order valence-electron chi connectivity index (χ2n) is 4.52. The Balaban J connectivity index is 2.21. The van der Waals surface area contributed by atoms with E-state index in [4.69, 9.17) is 5.73 Å². The van der Waals surface area contributed by atoms with Crippen molar-refractivity contribution < 1.29 is 4.79 Å². The zero-order chi connectivity index (χ0) is 13.4. The molecule has 0 saturated heterocycles. The van der Waals surface area contributed by atoms with Gasteiger partial charge in [-0.2, -0.15) is 0 Å². The fourth-order valence-corrected chi connectivity index (χ4v) is 2.50. The molecule has 0 aliphatic heterocycles. The van der Waals surface area contributed by atoms with Crippen LogP contribution in [0.1, 0.15) is 43.3 Å². The van der Waals surface area contributed by atoms with Crippen molar-refractivity contribution in [3.8, 4) is 0 Å². The molecule has 18 heavy (non-hydrogen) atoms. The van der Waals surface area contributed by atoms with Crippen molar-refractivity contribution in [2.75, 3.05) is 6.54 Å². The average molecular weight is 269 g/mol. The van der Waals surface area contributed by atoms with Crippen LogP contribution >= 0.6 is 11.3 Å². The molecule has 4 nitrogen and oxygen atoms in total. The molecule has 1 atom stereocenters. The van der Waals surface area contributed by atoms with Gasteiger partial charge in [-0.3, -0.25) is 4.79 Å². The SMILES string of the molecule is CCC(CCN)CCC(=O)NCc1csc(C)n1. The van der Waals surface area contributed by atoms with Gasteiger partial charge in [-0.05, 0) is 32.2 Å². The summed E-state index contributed by atoms with van der Waals surface area (Å²) in [4.78, 5) is 16.0. The summed E-state index contributed by atoms with van der Waals surface area (Å²) in [6.07, 6.45) is 3.61. The third-order valence-corrected chi connectivity index (χ3v) is 3.89. The number of aryl methyl sites for hydroxylation is 1. The molecule has 0 aliphatic carbocycles. The molecule has 0 bridgehead atoms. The van der Waals surface area contributed by atoms with Gasteiger partial charge in [-0.25, -0.2) is 4.98 Å². The van der Waals surface area contributed by atoms with E-state index < -0.39 is 0 Å². The first-order valence-electron chi connectivity index (χ1n) is 6.53. The summed E-state index contributed by atoms with van der Waals surface area (Å²) in [6.45, 7) is 5.36. The lowest BCUT2D eigenvalue weighted by Crippen LogP contribution is -2.23. The topological polar surface area (TPSA) is 68.0 Å². The van der Waals surface area contributed by atoms with Crippen molar-refractivity contribution in [2.45, 2.75) is 46.1 Å². The Morgan fingerprint density at radius 2 is 2.33 bits per heavy atom. The number of nitrogens with zero attached hydrogens (tertiary/aromatic N) is 1. The lowest BCUT2D eigenvalue weighted by Gasteiger charge is -2.12. The van der Waals surface area contributed by atoms with Crippen LogP contribution in [0.15, 0.2) is 5.38 Å². The van der Waals surface area contributed by atoms with Crippen molar-refractivity contribution in [1.82, 2.24) is 10.3 Å². The highest BCUT2D eigenvalue weighted by Crippen LogP contribution is 2.14. The van der Waals surface area contributed by atoms with Crippen LogP contribution in [0.2, 0.25) is 0 Å². The van der Waals surface area contributed by atoms with Gasteiger partial charge in [0, 0.05) is 11.8 Å². The monoisotopic (exact) mass is 269 g/mol. The molecule has 0 fully saturated rings. The Morgan fingerprint density at radius 1 is 1.56 bits per heavy atom. The maximum absolute atomic E-state index is 11.7. The Hall–Kier alpha value is -0.940. The van der Waals surface area contributed by atoms with E-state index in [9.17, 15) is 4.79 Å². The molecule has 0 aliphatic rings. The van der Waals surface area contributed by atoms with Crippen molar-refractivity contribution in [1.29, 1.82) is 0 Å². The van der Waals surface area contributed by atoms with E-state index >= 15 is 0 Å². The molecule has 0 saturated carbocycles. The normalized spacial score (nSPS) is 12.4. The summed E-state index contributed by atoms with van der Waals surface area (Å²) in [5.41, 5.74) is 6.49. The minimum Gasteiger partial charge on any atom is -0.350 e. The Kier molecular flexibility index (Phi) is 6.90. The third-order valence-electron chi connectivity index (χ3n) is 3.07. The van der Waals surface area contributed by atoms with E-state index in [2.05, 4.69) is 17.2 Å². The lowest BCUT2D eigenvalue weighted by molar-refractivity contribution is -0.121. The molecule has 1 aromatic heterocycles. The van der Waals surface area contributed by atoms with Crippen LogP contribution in [0.25, 0.3) is 0 Å². The number of amides is 1. The number of aromatic nitrogens is 1. The minimum absolute atomic E-state index is 0.108. The number of rotatable bonds is 8. The molecule has 3 N–H and O–H groups in total. The van der Waals surface area contributed by atoms with Gasteiger partial charge in [0.1, 0.15) is 0 Å². The highest BCUT2D eigenvalue weighted by Gasteiger charge is 2.09. The minimum atomic E-state index is 0.108.